The molecule has 5 nitrogen and oxygen atoms in total. The number of nitrogens with one attached hydrogen (secondary N) is 2. The third-order valence-electron chi connectivity index (χ3n) is 3.61. The van der Waals surface area contributed by atoms with Gasteiger partial charge in [-0.1, -0.05) is 25.2 Å². The number of aliphatic carboxylic acids is 1. The van der Waals surface area contributed by atoms with E-state index in [0.717, 1.165) is 32.1 Å². The van der Waals surface area contributed by atoms with E-state index in [9.17, 15) is 9.59 Å². The number of terminal acetylenes is 1. The number of hydrogen-bond acceptors (Lipinski definition) is 3. The zero-order chi connectivity index (χ0) is 14.1. The minimum Gasteiger partial charge on any atom is -0.481 e. The predicted molar refractivity (Wildman–Crippen MR) is 72.5 cm³/mol. The molecule has 0 heterocycles. The zero-order valence-electron chi connectivity index (χ0n) is 11.2. The fraction of sp³-hybridized carbons (Fsp3) is 0.714. The quantitative estimate of drug-likeness (QED) is 0.469. The maximum atomic E-state index is 11.6. The van der Waals surface area contributed by atoms with Crippen LogP contribution in [0.3, 0.4) is 0 Å². The Morgan fingerprint density at radius 1 is 1.26 bits per heavy atom. The van der Waals surface area contributed by atoms with Gasteiger partial charge in [-0.25, -0.2) is 0 Å². The first kappa shape index (κ1) is 15.5. The van der Waals surface area contributed by atoms with Gasteiger partial charge in [-0.05, 0) is 18.3 Å². The Kier molecular flexibility index (Phi) is 6.37. The summed E-state index contributed by atoms with van der Waals surface area (Å²) >= 11 is 0. The van der Waals surface area contributed by atoms with Crippen molar-refractivity contribution in [3.8, 4) is 12.3 Å². The summed E-state index contributed by atoms with van der Waals surface area (Å²) in [5.41, 5.74) is -0.272. The first-order chi connectivity index (χ1) is 9.08. The molecule has 1 aliphatic carbocycles. The first-order valence-corrected chi connectivity index (χ1v) is 6.71. The van der Waals surface area contributed by atoms with Crippen LogP contribution < -0.4 is 10.6 Å². The molecule has 1 amide bonds. The molecule has 0 aromatic heterocycles. The van der Waals surface area contributed by atoms with Gasteiger partial charge in [0.1, 0.15) is 0 Å². The molecule has 0 unspecified atom stereocenters. The molecule has 0 spiro atoms. The fourth-order valence-electron chi connectivity index (χ4n) is 2.64. The van der Waals surface area contributed by atoms with E-state index in [-0.39, 0.29) is 24.3 Å². The average Bonchev–Trinajstić information content (AvgIpc) is 2.37. The zero-order valence-corrected chi connectivity index (χ0v) is 11.2. The van der Waals surface area contributed by atoms with Gasteiger partial charge in [0.05, 0.1) is 19.5 Å². The van der Waals surface area contributed by atoms with Crippen molar-refractivity contribution in [2.75, 3.05) is 19.6 Å². The van der Waals surface area contributed by atoms with E-state index in [0.29, 0.717) is 13.1 Å². The fourth-order valence-corrected chi connectivity index (χ4v) is 2.64. The second-order valence-electron chi connectivity index (χ2n) is 5.22. The van der Waals surface area contributed by atoms with Crippen LogP contribution >= 0.6 is 0 Å². The Hall–Kier alpha value is -1.54. The van der Waals surface area contributed by atoms with Gasteiger partial charge in [0.15, 0.2) is 0 Å². The Balaban J connectivity index is 2.42. The summed E-state index contributed by atoms with van der Waals surface area (Å²) in [6.07, 6.45) is 10.2. The minimum absolute atomic E-state index is 0.130. The van der Waals surface area contributed by atoms with Crippen LogP contribution in [0.5, 0.6) is 0 Å². The Labute approximate surface area is 114 Å². The molecule has 0 saturated heterocycles. The molecule has 0 atom stereocenters. The van der Waals surface area contributed by atoms with Crippen LogP contribution in [0.1, 0.15) is 38.5 Å². The van der Waals surface area contributed by atoms with Crippen LogP contribution in [0.4, 0.5) is 0 Å². The highest BCUT2D eigenvalue weighted by Crippen LogP contribution is 2.38. The van der Waals surface area contributed by atoms with E-state index in [1.165, 1.54) is 0 Å². The molecule has 1 aliphatic rings. The smallest absolute Gasteiger partial charge is 0.303 e. The van der Waals surface area contributed by atoms with Crippen molar-refractivity contribution in [1.82, 2.24) is 10.6 Å². The summed E-state index contributed by atoms with van der Waals surface area (Å²) in [7, 11) is 0. The Morgan fingerprint density at radius 3 is 2.53 bits per heavy atom. The normalized spacial score (nSPS) is 17.4. The van der Waals surface area contributed by atoms with Gasteiger partial charge in [-0.2, -0.15) is 0 Å². The van der Waals surface area contributed by atoms with Crippen molar-refractivity contribution in [2.24, 2.45) is 5.41 Å². The van der Waals surface area contributed by atoms with Crippen LogP contribution in [-0.4, -0.2) is 36.6 Å². The van der Waals surface area contributed by atoms with Gasteiger partial charge in [0, 0.05) is 6.54 Å². The summed E-state index contributed by atoms with van der Waals surface area (Å²) in [5.74, 6) is 1.47. The lowest BCUT2D eigenvalue weighted by Crippen LogP contribution is -2.43. The van der Waals surface area contributed by atoms with Crippen LogP contribution in [0.2, 0.25) is 0 Å². The van der Waals surface area contributed by atoms with Crippen molar-refractivity contribution in [2.45, 2.75) is 38.5 Å². The van der Waals surface area contributed by atoms with Crippen molar-refractivity contribution in [3.63, 3.8) is 0 Å². The van der Waals surface area contributed by atoms with Crippen molar-refractivity contribution < 1.29 is 14.7 Å². The first-order valence-electron chi connectivity index (χ1n) is 6.71. The highest BCUT2D eigenvalue weighted by Gasteiger charge is 2.34. The lowest BCUT2D eigenvalue weighted by molar-refractivity contribution is -0.140. The largest absolute Gasteiger partial charge is 0.481 e. The maximum absolute atomic E-state index is 11.6. The van der Waals surface area contributed by atoms with Gasteiger partial charge in [-0.15, -0.1) is 6.42 Å². The van der Waals surface area contributed by atoms with Gasteiger partial charge >= 0.3 is 5.97 Å². The molecule has 0 aromatic rings. The molecule has 1 rings (SSSR count). The van der Waals surface area contributed by atoms with Crippen molar-refractivity contribution in [1.29, 1.82) is 0 Å². The van der Waals surface area contributed by atoms with Crippen LogP contribution in [0.25, 0.3) is 0 Å². The van der Waals surface area contributed by atoms with E-state index in [2.05, 4.69) is 16.6 Å². The van der Waals surface area contributed by atoms with Gasteiger partial charge in [0.25, 0.3) is 0 Å². The van der Waals surface area contributed by atoms with Crippen molar-refractivity contribution >= 4 is 11.9 Å². The number of amides is 1. The second-order valence-corrected chi connectivity index (χ2v) is 5.22. The third-order valence-corrected chi connectivity index (χ3v) is 3.61. The third kappa shape index (κ3) is 5.75. The van der Waals surface area contributed by atoms with E-state index < -0.39 is 5.97 Å². The van der Waals surface area contributed by atoms with Crippen LogP contribution in [0, 0.1) is 17.8 Å². The molecular weight excluding hydrogens is 244 g/mol. The molecule has 0 bridgehead atoms. The summed E-state index contributed by atoms with van der Waals surface area (Å²) in [6, 6.07) is 0. The van der Waals surface area contributed by atoms with E-state index >= 15 is 0 Å². The molecule has 3 N–H and O–H groups in total. The molecule has 0 aliphatic heterocycles. The topological polar surface area (TPSA) is 78.4 Å². The van der Waals surface area contributed by atoms with E-state index in [1.807, 2.05) is 0 Å². The average molecular weight is 266 g/mol. The number of carbonyl (C=O) groups is 2. The molecule has 1 saturated carbocycles. The molecule has 106 valence electrons. The SMILES string of the molecule is C#CCNCC(=O)NCC1(CC(=O)O)CCCCC1. The molecule has 1 fully saturated rings. The van der Waals surface area contributed by atoms with E-state index in [4.69, 9.17) is 11.5 Å². The summed E-state index contributed by atoms with van der Waals surface area (Å²) in [4.78, 5) is 22.6. The van der Waals surface area contributed by atoms with Crippen LogP contribution in [0.15, 0.2) is 0 Å². The van der Waals surface area contributed by atoms with Gasteiger partial charge in [0.2, 0.25) is 5.91 Å². The highest BCUT2D eigenvalue weighted by atomic mass is 16.4. The van der Waals surface area contributed by atoms with Crippen molar-refractivity contribution in [3.05, 3.63) is 0 Å². The Bertz CT molecular complexity index is 354. The number of carboxylic acid groups (broad SMARTS) is 1. The Morgan fingerprint density at radius 2 is 1.95 bits per heavy atom. The molecule has 5 heteroatoms. The van der Waals surface area contributed by atoms with Gasteiger partial charge < -0.3 is 10.4 Å². The summed E-state index contributed by atoms with van der Waals surface area (Å²) < 4.78 is 0. The molecule has 0 aromatic carbocycles. The van der Waals surface area contributed by atoms with E-state index in [1.54, 1.807) is 0 Å². The predicted octanol–water partition coefficient (Wildman–Crippen LogP) is 0.751. The monoisotopic (exact) mass is 266 g/mol. The number of rotatable bonds is 7. The standard InChI is InChI=1S/C14H22N2O3/c1-2-8-15-10-12(17)16-11-14(9-13(18)19)6-4-3-5-7-14/h1,15H,3-11H2,(H,16,17)(H,18,19). The molecular formula is C14H22N2O3. The molecule has 19 heavy (non-hydrogen) atoms. The number of carboxylic acids is 1. The lowest BCUT2D eigenvalue weighted by atomic mass is 9.71. The van der Waals surface area contributed by atoms with Gasteiger partial charge in [-0.3, -0.25) is 14.9 Å². The maximum Gasteiger partial charge on any atom is 0.303 e. The summed E-state index contributed by atoms with van der Waals surface area (Å²) in [5, 5.41) is 14.7. The second kappa shape index (κ2) is 7.80. The summed E-state index contributed by atoms with van der Waals surface area (Å²) in [6.45, 7) is 0.969. The number of carbonyl (C=O) groups excluding carboxylic acids is 1. The molecule has 0 radical (unpaired) electrons. The number of hydrogen-bond donors (Lipinski definition) is 3. The lowest BCUT2D eigenvalue weighted by Gasteiger charge is -2.36. The highest BCUT2D eigenvalue weighted by molar-refractivity contribution is 5.78. The van der Waals surface area contributed by atoms with Crippen LogP contribution in [-0.2, 0) is 9.59 Å². The minimum atomic E-state index is -0.790.